The molecule has 0 bridgehead atoms. The number of rotatable bonds is 2. The average molecular weight is 276 g/mol. The molecular weight excluding hydrogens is 256 g/mol. The molecule has 3 rings (SSSR count). The molecule has 0 saturated carbocycles. The van der Waals surface area contributed by atoms with E-state index in [-0.39, 0.29) is 0 Å². The van der Waals surface area contributed by atoms with Gasteiger partial charge in [-0.3, -0.25) is 5.84 Å². The van der Waals surface area contributed by atoms with Gasteiger partial charge in [0.1, 0.15) is 0 Å². The van der Waals surface area contributed by atoms with Gasteiger partial charge in [0.05, 0.1) is 0 Å². The average Bonchev–Trinajstić information content (AvgIpc) is 2.58. The molecule has 0 aliphatic heterocycles. The van der Waals surface area contributed by atoms with Gasteiger partial charge in [0.25, 0.3) is 0 Å². The molecule has 3 aromatic carbocycles. The number of aryl methyl sites for hydroxylation is 1. The maximum Gasteiger partial charge on any atom is 0.0485 e. The van der Waals surface area contributed by atoms with Gasteiger partial charge in [0.15, 0.2) is 0 Å². The van der Waals surface area contributed by atoms with Crippen molar-refractivity contribution in [1.29, 1.82) is 0 Å². The molecule has 0 amide bonds. The van der Waals surface area contributed by atoms with Crippen molar-refractivity contribution in [3.05, 3.63) is 90.5 Å². The molecule has 0 aliphatic carbocycles. The molecule has 2 heteroatoms. The third kappa shape index (κ3) is 4.79. The molecule has 3 N–H and O–H groups in total. The first-order chi connectivity index (χ1) is 10.3. The first-order valence-corrected chi connectivity index (χ1v) is 6.93. The minimum absolute atomic E-state index is 0.945. The minimum atomic E-state index is 0.945. The van der Waals surface area contributed by atoms with E-state index in [1.165, 1.54) is 16.7 Å². The summed E-state index contributed by atoms with van der Waals surface area (Å²) in [5.41, 5.74) is 7.30. The van der Waals surface area contributed by atoms with Gasteiger partial charge in [-0.05, 0) is 30.2 Å². The van der Waals surface area contributed by atoms with E-state index in [0.717, 1.165) is 5.69 Å². The van der Waals surface area contributed by atoms with Crippen LogP contribution in [0.2, 0.25) is 0 Å². The molecule has 0 radical (unpaired) electrons. The van der Waals surface area contributed by atoms with E-state index in [9.17, 15) is 0 Å². The topological polar surface area (TPSA) is 38.0 Å². The SMILES string of the molecule is Cc1ccc(NN)cc1.c1ccc(-c2ccccc2)cc1. The highest BCUT2D eigenvalue weighted by Gasteiger charge is 1.91. The van der Waals surface area contributed by atoms with Crippen LogP contribution in [0.25, 0.3) is 11.1 Å². The van der Waals surface area contributed by atoms with Crippen molar-refractivity contribution in [2.75, 3.05) is 5.43 Å². The fourth-order valence-electron chi connectivity index (χ4n) is 1.91. The smallest absolute Gasteiger partial charge is 0.0485 e. The Labute approximate surface area is 126 Å². The second-order valence-electron chi connectivity index (χ2n) is 4.74. The second kappa shape index (κ2) is 7.88. The van der Waals surface area contributed by atoms with Crippen molar-refractivity contribution in [2.24, 2.45) is 5.84 Å². The van der Waals surface area contributed by atoms with Crippen molar-refractivity contribution < 1.29 is 0 Å². The molecule has 0 heterocycles. The van der Waals surface area contributed by atoms with E-state index in [1.807, 2.05) is 43.3 Å². The lowest BCUT2D eigenvalue weighted by Gasteiger charge is -1.98. The zero-order chi connectivity index (χ0) is 14.9. The quantitative estimate of drug-likeness (QED) is 0.529. The summed E-state index contributed by atoms with van der Waals surface area (Å²) in [6.07, 6.45) is 0. The molecule has 106 valence electrons. The van der Waals surface area contributed by atoms with Crippen LogP contribution in [0.5, 0.6) is 0 Å². The number of nitrogens with one attached hydrogen (secondary N) is 1. The van der Waals surface area contributed by atoms with Gasteiger partial charge >= 0.3 is 0 Å². The van der Waals surface area contributed by atoms with Crippen LogP contribution >= 0.6 is 0 Å². The van der Waals surface area contributed by atoms with Gasteiger partial charge in [0.2, 0.25) is 0 Å². The van der Waals surface area contributed by atoms with E-state index in [1.54, 1.807) is 0 Å². The summed E-state index contributed by atoms with van der Waals surface area (Å²) in [6.45, 7) is 2.04. The van der Waals surface area contributed by atoms with Gasteiger partial charge in [0, 0.05) is 5.69 Å². The fourth-order valence-corrected chi connectivity index (χ4v) is 1.91. The predicted octanol–water partition coefficient (Wildman–Crippen LogP) is 4.63. The summed E-state index contributed by atoms with van der Waals surface area (Å²) in [4.78, 5) is 0. The number of hydrogen-bond donors (Lipinski definition) is 2. The number of nitrogens with two attached hydrogens (primary N) is 1. The highest BCUT2D eigenvalue weighted by Crippen LogP contribution is 2.17. The summed E-state index contributed by atoms with van der Waals surface area (Å²) in [7, 11) is 0. The van der Waals surface area contributed by atoms with Gasteiger partial charge in [-0.2, -0.15) is 0 Å². The van der Waals surface area contributed by atoms with Crippen LogP contribution in [0.3, 0.4) is 0 Å². The summed E-state index contributed by atoms with van der Waals surface area (Å²) in [6, 6.07) is 28.7. The molecule has 3 aromatic rings. The lowest BCUT2D eigenvalue weighted by molar-refractivity contribution is 1.34. The normalized spacial score (nSPS) is 9.43. The Morgan fingerprint density at radius 1 is 0.619 bits per heavy atom. The Kier molecular flexibility index (Phi) is 5.56. The molecule has 0 spiro atoms. The van der Waals surface area contributed by atoms with Crippen molar-refractivity contribution in [3.63, 3.8) is 0 Å². The molecule has 0 unspecified atom stereocenters. The maximum absolute atomic E-state index is 5.15. The van der Waals surface area contributed by atoms with E-state index < -0.39 is 0 Å². The largest absolute Gasteiger partial charge is 0.324 e. The third-order valence-corrected chi connectivity index (χ3v) is 3.10. The Bertz CT molecular complexity index is 594. The first-order valence-electron chi connectivity index (χ1n) is 6.93. The van der Waals surface area contributed by atoms with E-state index in [4.69, 9.17) is 5.84 Å². The monoisotopic (exact) mass is 276 g/mol. The third-order valence-electron chi connectivity index (χ3n) is 3.10. The van der Waals surface area contributed by atoms with Crippen molar-refractivity contribution in [3.8, 4) is 11.1 Å². The molecule has 0 saturated heterocycles. The van der Waals surface area contributed by atoms with Crippen LogP contribution < -0.4 is 11.3 Å². The van der Waals surface area contributed by atoms with Crippen LogP contribution in [0.15, 0.2) is 84.9 Å². The highest BCUT2D eigenvalue weighted by atomic mass is 15.2. The van der Waals surface area contributed by atoms with Crippen molar-refractivity contribution in [1.82, 2.24) is 0 Å². The second-order valence-corrected chi connectivity index (χ2v) is 4.74. The van der Waals surface area contributed by atoms with Gasteiger partial charge in [-0.15, -0.1) is 0 Å². The van der Waals surface area contributed by atoms with Crippen molar-refractivity contribution >= 4 is 5.69 Å². The summed E-state index contributed by atoms with van der Waals surface area (Å²) in [5.74, 6) is 5.15. The lowest BCUT2D eigenvalue weighted by Crippen LogP contribution is -2.05. The molecule has 0 fully saturated rings. The van der Waals surface area contributed by atoms with Gasteiger partial charge in [-0.1, -0.05) is 78.4 Å². The number of benzene rings is 3. The number of anilines is 1. The summed E-state index contributed by atoms with van der Waals surface area (Å²) < 4.78 is 0. The molecule has 21 heavy (non-hydrogen) atoms. The number of hydrogen-bond acceptors (Lipinski definition) is 2. The summed E-state index contributed by atoms with van der Waals surface area (Å²) >= 11 is 0. The first kappa shape index (κ1) is 14.8. The Morgan fingerprint density at radius 2 is 1.05 bits per heavy atom. The summed E-state index contributed by atoms with van der Waals surface area (Å²) in [5, 5.41) is 0. The van der Waals surface area contributed by atoms with Crippen LogP contribution in [-0.2, 0) is 0 Å². The lowest BCUT2D eigenvalue weighted by atomic mass is 10.1. The Morgan fingerprint density at radius 3 is 1.43 bits per heavy atom. The Balaban J connectivity index is 0.000000161. The minimum Gasteiger partial charge on any atom is -0.324 e. The number of nitrogen functional groups attached to an aromatic ring is 1. The van der Waals surface area contributed by atoms with Crippen LogP contribution in [0.4, 0.5) is 5.69 Å². The highest BCUT2D eigenvalue weighted by molar-refractivity contribution is 5.62. The van der Waals surface area contributed by atoms with Crippen LogP contribution in [-0.4, -0.2) is 0 Å². The molecule has 0 atom stereocenters. The Hall–Kier alpha value is -2.58. The predicted molar refractivity (Wildman–Crippen MR) is 90.9 cm³/mol. The van der Waals surface area contributed by atoms with E-state index in [2.05, 4.69) is 54.0 Å². The molecule has 2 nitrogen and oxygen atoms in total. The van der Waals surface area contributed by atoms with E-state index >= 15 is 0 Å². The van der Waals surface area contributed by atoms with Crippen molar-refractivity contribution in [2.45, 2.75) is 6.92 Å². The van der Waals surface area contributed by atoms with Crippen LogP contribution in [0, 0.1) is 6.92 Å². The fraction of sp³-hybridized carbons (Fsp3) is 0.0526. The maximum atomic E-state index is 5.15. The molecular formula is C19H20N2. The standard InChI is InChI=1S/C12H10.C7H10N2/c1-3-7-11(8-4-1)12-9-5-2-6-10-12;1-6-2-4-7(9-8)5-3-6/h1-10H;2-5,9H,8H2,1H3. The molecule has 0 aromatic heterocycles. The number of hydrazine groups is 1. The molecule has 0 aliphatic rings. The van der Waals surface area contributed by atoms with Gasteiger partial charge in [-0.25, -0.2) is 0 Å². The van der Waals surface area contributed by atoms with Crippen LogP contribution in [0.1, 0.15) is 5.56 Å². The zero-order valence-corrected chi connectivity index (χ0v) is 12.2. The van der Waals surface area contributed by atoms with Gasteiger partial charge < -0.3 is 5.43 Å². The van der Waals surface area contributed by atoms with E-state index in [0.29, 0.717) is 0 Å². The zero-order valence-electron chi connectivity index (χ0n) is 12.2.